The van der Waals surface area contributed by atoms with Gasteiger partial charge in [0.05, 0.1) is 5.69 Å². The van der Waals surface area contributed by atoms with Crippen LogP contribution in [0.15, 0.2) is 22.7 Å². The molecule has 0 atom stereocenters. The molecule has 3 nitrogen and oxygen atoms in total. The summed E-state index contributed by atoms with van der Waals surface area (Å²) in [5, 5.41) is 3.15. The van der Waals surface area contributed by atoms with Crippen LogP contribution in [-0.4, -0.2) is 56.1 Å². The zero-order valence-corrected chi connectivity index (χ0v) is 12.2. The first-order chi connectivity index (χ1) is 8.65. The molecular weight excluding hydrogens is 297 g/mol. The quantitative estimate of drug-likeness (QED) is 0.919. The zero-order valence-electron chi connectivity index (χ0n) is 10.6. The number of halogens is 2. The lowest BCUT2D eigenvalue weighted by Gasteiger charge is -2.32. The molecule has 1 fully saturated rings. The molecule has 1 aliphatic heterocycles. The topological polar surface area (TPSA) is 18.5 Å². The molecule has 0 saturated carbocycles. The number of nitrogens with zero attached hydrogens (tertiary/aromatic N) is 2. The summed E-state index contributed by atoms with van der Waals surface area (Å²) in [5.74, 6) is -0.198. The molecule has 1 aromatic carbocycles. The number of rotatable bonds is 4. The minimum absolute atomic E-state index is 0.198. The van der Waals surface area contributed by atoms with Gasteiger partial charge in [0, 0.05) is 43.7 Å². The molecule has 5 heteroatoms. The van der Waals surface area contributed by atoms with Crippen molar-refractivity contribution < 1.29 is 4.39 Å². The maximum absolute atomic E-state index is 13.5. The maximum Gasteiger partial charge on any atom is 0.146 e. The predicted octanol–water partition coefficient (Wildman–Crippen LogP) is 2.25. The third kappa shape index (κ3) is 3.93. The summed E-state index contributed by atoms with van der Waals surface area (Å²) in [6, 6.07) is 4.96. The Bertz CT molecular complexity index is 392. The van der Waals surface area contributed by atoms with Crippen molar-refractivity contribution in [3.8, 4) is 0 Å². The lowest BCUT2D eigenvalue weighted by atomic mass is 10.3. The van der Waals surface area contributed by atoms with Gasteiger partial charge in [0.1, 0.15) is 5.82 Å². The fraction of sp³-hybridized carbons (Fsp3) is 0.538. The van der Waals surface area contributed by atoms with E-state index in [1.165, 1.54) is 6.07 Å². The molecule has 100 valence electrons. The van der Waals surface area contributed by atoms with Crippen LogP contribution in [0.1, 0.15) is 0 Å². The Hall–Kier alpha value is -0.650. The molecule has 0 aromatic heterocycles. The molecule has 0 bridgehead atoms. The highest BCUT2D eigenvalue weighted by atomic mass is 79.9. The van der Waals surface area contributed by atoms with E-state index < -0.39 is 0 Å². The number of hydrogen-bond donors (Lipinski definition) is 1. The summed E-state index contributed by atoms with van der Waals surface area (Å²) < 4.78 is 14.4. The Morgan fingerprint density at radius 1 is 1.28 bits per heavy atom. The summed E-state index contributed by atoms with van der Waals surface area (Å²) in [5.41, 5.74) is 0.568. The molecule has 2 rings (SSSR count). The average molecular weight is 316 g/mol. The SMILES string of the molecule is CN1CCN(CCNc2cc(Br)ccc2F)CC1. The van der Waals surface area contributed by atoms with Crippen molar-refractivity contribution in [3.63, 3.8) is 0 Å². The Morgan fingerprint density at radius 2 is 2.00 bits per heavy atom. The van der Waals surface area contributed by atoms with E-state index in [9.17, 15) is 4.39 Å². The molecule has 1 N–H and O–H groups in total. The molecule has 0 amide bonds. The van der Waals surface area contributed by atoms with Gasteiger partial charge in [-0.25, -0.2) is 4.39 Å². The molecule has 1 saturated heterocycles. The molecule has 18 heavy (non-hydrogen) atoms. The second kappa shape index (κ2) is 6.50. The Kier molecular flexibility index (Phi) is 4.97. The summed E-state index contributed by atoms with van der Waals surface area (Å²) >= 11 is 3.35. The van der Waals surface area contributed by atoms with Crippen LogP contribution >= 0.6 is 15.9 Å². The number of likely N-dealkylation sites (N-methyl/N-ethyl adjacent to an activating group) is 1. The molecular formula is C13H19BrFN3. The van der Waals surface area contributed by atoms with Gasteiger partial charge >= 0.3 is 0 Å². The Balaban J connectivity index is 1.76. The predicted molar refractivity (Wildman–Crippen MR) is 76.5 cm³/mol. The van der Waals surface area contributed by atoms with E-state index in [4.69, 9.17) is 0 Å². The van der Waals surface area contributed by atoms with Gasteiger partial charge in [-0.1, -0.05) is 15.9 Å². The first-order valence-electron chi connectivity index (χ1n) is 6.25. The van der Waals surface area contributed by atoms with Gasteiger partial charge in [0.25, 0.3) is 0 Å². The van der Waals surface area contributed by atoms with E-state index in [0.29, 0.717) is 5.69 Å². The van der Waals surface area contributed by atoms with Crippen molar-refractivity contribution in [2.75, 3.05) is 51.6 Å². The highest BCUT2D eigenvalue weighted by Crippen LogP contribution is 2.19. The summed E-state index contributed by atoms with van der Waals surface area (Å²) in [6.07, 6.45) is 0. The van der Waals surface area contributed by atoms with Crippen molar-refractivity contribution >= 4 is 21.6 Å². The third-order valence-corrected chi connectivity index (χ3v) is 3.76. The molecule has 1 aromatic rings. The van der Waals surface area contributed by atoms with Crippen LogP contribution in [0.5, 0.6) is 0 Å². The standard InChI is InChI=1S/C13H19BrFN3/c1-17-6-8-18(9-7-17)5-4-16-13-10-11(14)2-3-12(13)15/h2-3,10,16H,4-9H2,1H3. The van der Waals surface area contributed by atoms with Gasteiger partial charge in [0.2, 0.25) is 0 Å². The van der Waals surface area contributed by atoms with Crippen molar-refractivity contribution in [3.05, 3.63) is 28.5 Å². The van der Waals surface area contributed by atoms with E-state index in [1.807, 2.05) is 0 Å². The molecule has 0 aliphatic carbocycles. The Labute approximate surface area is 116 Å². The normalized spacial score (nSPS) is 17.9. The number of hydrogen-bond acceptors (Lipinski definition) is 3. The van der Waals surface area contributed by atoms with E-state index in [1.54, 1.807) is 12.1 Å². The first-order valence-corrected chi connectivity index (χ1v) is 7.04. The number of benzene rings is 1. The summed E-state index contributed by atoms with van der Waals surface area (Å²) in [7, 11) is 2.15. The maximum atomic E-state index is 13.5. The first kappa shape index (κ1) is 13.8. The van der Waals surface area contributed by atoms with Crippen LogP contribution in [0, 0.1) is 5.82 Å². The van der Waals surface area contributed by atoms with Crippen LogP contribution < -0.4 is 5.32 Å². The second-order valence-corrected chi connectivity index (χ2v) is 5.61. The van der Waals surface area contributed by atoms with E-state index in [2.05, 4.69) is 38.1 Å². The minimum Gasteiger partial charge on any atom is -0.381 e. The van der Waals surface area contributed by atoms with Crippen LogP contribution in [0.25, 0.3) is 0 Å². The van der Waals surface area contributed by atoms with E-state index >= 15 is 0 Å². The largest absolute Gasteiger partial charge is 0.381 e. The fourth-order valence-corrected chi connectivity index (χ4v) is 2.41. The van der Waals surface area contributed by atoms with Crippen LogP contribution in [-0.2, 0) is 0 Å². The third-order valence-electron chi connectivity index (χ3n) is 3.27. The molecule has 0 unspecified atom stereocenters. The van der Waals surface area contributed by atoms with Crippen LogP contribution in [0.2, 0.25) is 0 Å². The lowest BCUT2D eigenvalue weighted by Crippen LogP contribution is -2.45. The minimum atomic E-state index is -0.198. The smallest absolute Gasteiger partial charge is 0.146 e. The molecule has 1 aliphatic rings. The monoisotopic (exact) mass is 315 g/mol. The van der Waals surface area contributed by atoms with Gasteiger partial charge < -0.3 is 10.2 Å². The van der Waals surface area contributed by atoms with Gasteiger partial charge in [-0.05, 0) is 25.2 Å². The number of anilines is 1. The van der Waals surface area contributed by atoms with Crippen molar-refractivity contribution in [2.24, 2.45) is 0 Å². The zero-order chi connectivity index (χ0) is 13.0. The molecule has 1 heterocycles. The number of nitrogens with one attached hydrogen (secondary N) is 1. The number of piperazine rings is 1. The van der Waals surface area contributed by atoms with Gasteiger partial charge in [0.15, 0.2) is 0 Å². The van der Waals surface area contributed by atoms with Crippen LogP contribution in [0.4, 0.5) is 10.1 Å². The Morgan fingerprint density at radius 3 is 2.72 bits per heavy atom. The lowest BCUT2D eigenvalue weighted by molar-refractivity contribution is 0.158. The van der Waals surface area contributed by atoms with Crippen molar-refractivity contribution in [1.82, 2.24) is 9.80 Å². The fourth-order valence-electron chi connectivity index (χ4n) is 2.05. The van der Waals surface area contributed by atoms with Gasteiger partial charge in [-0.15, -0.1) is 0 Å². The van der Waals surface area contributed by atoms with Crippen molar-refractivity contribution in [1.29, 1.82) is 0 Å². The summed E-state index contributed by atoms with van der Waals surface area (Å²) in [6.45, 7) is 6.16. The van der Waals surface area contributed by atoms with Crippen LogP contribution in [0.3, 0.4) is 0 Å². The highest BCUT2D eigenvalue weighted by molar-refractivity contribution is 9.10. The van der Waals surface area contributed by atoms with E-state index in [0.717, 1.165) is 43.7 Å². The highest BCUT2D eigenvalue weighted by Gasteiger charge is 2.13. The molecule has 0 radical (unpaired) electrons. The molecule has 0 spiro atoms. The second-order valence-electron chi connectivity index (χ2n) is 4.70. The summed E-state index contributed by atoms with van der Waals surface area (Å²) in [4.78, 5) is 4.74. The average Bonchev–Trinajstić information content (AvgIpc) is 2.36. The van der Waals surface area contributed by atoms with Gasteiger partial charge in [-0.2, -0.15) is 0 Å². The van der Waals surface area contributed by atoms with Crippen molar-refractivity contribution in [2.45, 2.75) is 0 Å². The van der Waals surface area contributed by atoms with E-state index in [-0.39, 0.29) is 5.82 Å². The van der Waals surface area contributed by atoms with Gasteiger partial charge in [-0.3, -0.25) is 4.90 Å².